The first-order chi connectivity index (χ1) is 9.55. The van der Waals surface area contributed by atoms with Gasteiger partial charge in [0.2, 0.25) is 0 Å². The molecule has 0 spiro atoms. The Morgan fingerprint density at radius 2 is 1.80 bits per heavy atom. The Morgan fingerprint density at radius 3 is 2.25 bits per heavy atom. The third kappa shape index (κ3) is 3.15. The van der Waals surface area contributed by atoms with Gasteiger partial charge >= 0.3 is 0 Å². The Hall–Kier alpha value is -0.260. The molecule has 20 heavy (non-hydrogen) atoms. The lowest BCUT2D eigenvalue weighted by atomic mass is 9.76. The van der Waals surface area contributed by atoms with Gasteiger partial charge in [-0.2, -0.15) is 0 Å². The number of benzene rings is 1. The zero-order chi connectivity index (χ0) is 14.8. The third-order valence-electron chi connectivity index (χ3n) is 4.09. The van der Waals surface area contributed by atoms with E-state index in [-0.39, 0.29) is 10.4 Å². The van der Waals surface area contributed by atoms with Gasteiger partial charge in [0.05, 0.1) is 24.3 Å². The van der Waals surface area contributed by atoms with Gasteiger partial charge in [0.15, 0.2) is 0 Å². The minimum atomic E-state index is 0.0134. The predicted octanol–water partition coefficient (Wildman–Crippen LogP) is 4.86. The summed E-state index contributed by atoms with van der Waals surface area (Å²) < 4.78 is 17.5. The summed E-state index contributed by atoms with van der Waals surface area (Å²) in [4.78, 5) is 0.180. The average Bonchev–Trinajstić information content (AvgIpc) is 2.42. The zero-order valence-corrected chi connectivity index (χ0v) is 15.2. The first-order valence-corrected chi connectivity index (χ1v) is 8.37. The molecule has 0 amide bonds. The molecule has 0 radical (unpaired) electrons. The molecule has 1 saturated carbocycles. The van der Waals surface area contributed by atoms with Crippen molar-refractivity contribution in [1.29, 1.82) is 0 Å². The topological polar surface area (TPSA) is 27.7 Å². The molecular formula is C15H20Br2O3. The lowest BCUT2D eigenvalue weighted by Crippen LogP contribution is -2.39. The van der Waals surface area contributed by atoms with Gasteiger partial charge in [0.1, 0.15) is 11.5 Å². The van der Waals surface area contributed by atoms with E-state index >= 15 is 0 Å². The molecule has 5 heteroatoms. The molecule has 1 aliphatic rings. The number of hydrogen-bond acceptors (Lipinski definition) is 3. The fourth-order valence-corrected chi connectivity index (χ4v) is 4.06. The van der Waals surface area contributed by atoms with Gasteiger partial charge in [-0.1, -0.05) is 15.9 Å². The molecule has 1 aromatic carbocycles. The van der Waals surface area contributed by atoms with Crippen molar-refractivity contribution < 1.29 is 14.2 Å². The predicted molar refractivity (Wildman–Crippen MR) is 87.1 cm³/mol. The Bertz CT molecular complexity index is 467. The number of alkyl halides is 1. The summed E-state index contributed by atoms with van der Waals surface area (Å²) >= 11 is 7.27. The van der Waals surface area contributed by atoms with Crippen LogP contribution in [0.4, 0.5) is 0 Å². The summed E-state index contributed by atoms with van der Waals surface area (Å²) in [6.07, 6.45) is 4.43. The number of methoxy groups -OCH3 is 3. The molecule has 112 valence electrons. The Labute approximate surface area is 137 Å². The average molecular weight is 408 g/mol. The first-order valence-electron chi connectivity index (χ1n) is 6.66. The number of rotatable bonds is 6. The lowest BCUT2D eigenvalue weighted by molar-refractivity contribution is -0.0773. The SMILES string of the molecule is COc1cc(C(Br)CC2(OC)CCC2)c(OC)cc1Br. The van der Waals surface area contributed by atoms with Crippen LogP contribution in [0.2, 0.25) is 0 Å². The number of hydrogen-bond donors (Lipinski definition) is 0. The lowest BCUT2D eigenvalue weighted by Gasteiger charge is -2.42. The van der Waals surface area contributed by atoms with Gasteiger partial charge in [0.25, 0.3) is 0 Å². The molecule has 2 rings (SSSR count). The van der Waals surface area contributed by atoms with Gasteiger partial charge in [-0.3, -0.25) is 0 Å². The maximum absolute atomic E-state index is 5.71. The van der Waals surface area contributed by atoms with Crippen LogP contribution in [0.1, 0.15) is 36.1 Å². The van der Waals surface area contributed by atoms with Crippen LogP contribution in [-0.2, 0) is 4.74 Å². The van der Waals surface area contributed by atoms with Crippen LogP contribution in [0.25, 0.3) is 0 Å². The summed E-state index contributed by atoms with van der Waals surface area (Å²) in [6.45, 7) is 0. The van der Waals surface area contributed by atoms with Crippen molar-refractivity contribution in [3.8, 4) is 11.5 Å². The highest BCUT2D eigenvalue weighted by molar-refractivity contribution is 9.10. The molecule has 1 atom stereocenters. The van der Waals surface area contributed by atoms with Gasteiger partial charge < -0.3 is 14.2 Å². The van der Waals surface area contributed by atoms with Gasteiger partial charge in [-0.15, -0.1) is 0 Å². The van der Waals surface area contributed by atoms with Gasteiger partial charge in [-0.25, -0.2) is 0 Å². The summed E-state index contributed by atoms with van der Waals surface area (Å²) in [5.41, 5.74) is 1.11. The Kier molecular flexibility index (Phi) is 5.37. The number of ether oxygens (including phenoxy) is 3. The smallest absolute Gasteiger partial charge is 0.133 e. The van der Waals surface area contributed by atoms with E-state index in [0.717, 1.165) is 40.8 Å². The molecule has 0 N–H and O–H groups in total. The Morgan fingerprint density at radius 1 is 1.15 bits per heavy atom. The summed E-state index contributed by atoms with van der Waals surface area (Å²) in [6, 6.07) is 3.97. The minimum absolute atomic E-state index is 0.0134. The maximum atomic E-state index is 5.71. The van der Waals surface area contributed by atoms with E-state index in [1.165, 1.54) is 6.42 Å². The first kappa shape index (κ1) is 16.1. The van der Waals surface area contributed by atoms with E-state index in [1.807, 2.05) is 12.1 Å². The maximum Gasteiger partial charge on any atom is 0.133 e. The second kappa shape index (κ2) is 6.67. The standard InChI is InChI=1S/C15H20Br2O3/c1-18-13-8-11(16)14(19-2)7-10(13)12(17)9-15(20-3)5-4-6-15/h7-8,12H,4-6,9H2,1-3H3. The van der Waals surface area contributed by atoms with E-state index in [4.69, 9.17) is 14.2 Å². The second-order valence-electron chi connectivity index (χ2n) is 5.14. The highest BCUT2D eigenvalue weighted by atomic mass is 79.9. The molecule has 1 aliphatic carbocycles. The van der Waals surface area contributed by atoms with Crippen molar-refractivity contribution in [2.45, 2.75) is 36.1 Å². The van der Waals surface area contributed by atoms with E-state index in [1.54, 1.807) is 21.3 Å². The molecule has 1 aromatic rings. The summed E-state index contributed by atoms with van der Waals surface area (Å²) in [5.74, 6) is 1.66. The van der Waals surface area contributed by atoms with Crippen LogP contribution in [0.5, 0.6) is 11.5 Å². The van der Waals surface area contributed by atoms with Crippen molar-refractivity contribution in [3.63, 3.8) is 0 Å². The molecule has 0 saturated heterocycles. The molecule has 1 fully saturated rings. The molecule has 0 aliphatic heterocycles. The monoisotopic (exact) mass is 406 g/mol. The van der Waals surface area contributed by atoms with E-state index < -0.39 is 0 Å². The largest absolute Gasteiger partial charge is 0.496 e. The second-order valence-corrected chi connectivity index (χ2v) is 7.10. The molecule has 0 bridgehead atoms. The van der Waals surface area contributed by atoms with E-state index in [2.05, 4.69) is 31.9 Å². The van der Waals surface area contributed by atoms with Crippen LogP contribution in [-0.4, -0.2) is 26.9 Å². The van der Waals surface area contributed by atoms with Crippen molar-refractivity contribution in [2.24, 2.45) is 0 Å². The van der Waals surface area contributed by atoms with Crippen molar-refractivity contribution in [2.75, 3.05) is 21.3 Å². The van der Waals surface area contributed by atoms with Gasteiger partial charge in [0, 0.05) is 17.5 Å². The normalized spacial score (nSPS) is 18.2. The van der Waals surface area contributed by atoms with E-state index in [0.29, 0.717) is 0 Å². The zero-order valence-electron chi connectivity index (χ0n) is 12.0. The molecule has 1 unspecified atom stereocenters. The van der Waals surface area contributed by atoms with E-state index in [9.17, 15) is 0 Å². The quantitative estimate of drug-likeness (QED) is 0.630. The van der Waals surface area contributed by atoms with Crippen LogP contribution >= 0.6 is 31.9 Å². The molecule has 3 nitrogen and oxygen atoms in total. The van der Waals surface area contributed by atoms with Crippen LogP contribution in [0.15, 0.2) is 16.6 Å². The van der Waals surface area contributed by atoms with Crippen molar-refractivity contribution in [3.05, 3.63) is 22.2 Å². The minimum Gasteiger partial charge on any atom is -0.496 e. The molecule has 0 heterocycles. The van der Waals surface area contributed by atoms with Crippen molar-refractivity contribution in [1.82, 2.24) is 0 Å². The third-order valence-corrected chi connectivity index (χ3v) is 5.53. The van der Waals surface area contributed by atoms with Crippen LogP contribution < -0.4 is 9.47 Å². The highest BCUT2D eigenvalue weighted by Crippen LogP contribution is 2.47. The Balaban J connectivity index is 2.26. The highest BCUT2D eigenvalue weighted by Gasteiger charge is 2.39. The summed E-state index contributed by atoms with van der Waals surface area (Å²) in [5, 5.41) is 0. The molecule has 0 aromatic heterocycles. The van der Waals surface area contributed by atoms with Crippen LogP contribution in [0, 0.1) is 0 Å². The fraction of sp³-hybridized carbons (Fsp3) is 0.600. The molecular weight excluding hydrogens is 388 g/mol. The van der Waals surface area contributed by atoms with Crippen LogP contribution in [0.3, 0.4) is 0 Å². The number of halogens is 2. The fourth-order valence-electron chi connectivity index (χ4n) is 2.63. The van der Waals surface area contributed by atoms with Gasteiger partial charge in [-0.05, 0) is 53.7 Å². The van der Waals surface area contributed by atoms with Crippen molar-refractivity contribution >= 4 is 31.9 Å². The summed E-state index contributed by atoms with van der Waals surface area (Å²) in [7, 11) is 5.16.